The second-order valence-electron chi connectivity index (χ2n) is 5.33. The summed E-state index contributed by atoms with van der Waals surface area (Å²) in [6.45, 7) is 3.35. The van der Waals surface area contributed by atoms with Gasteiger partial charge in [0.15, 0.2) is 0 Å². The first kappa shape index (κ1) is 15.4. The molecule has 0 amide bonds. The minimum Gasteiger partial charge on any atom is -0.387 e. The minimum atomic E-state index is -3.56. The molecule has 1 aromatic rings. The molecule has 0 radical (unpaired) electrons. The highest BCUT2D eigenvalue weighted by Crippen LogP contribution is 2.16. The lowest BCUT2D eigenvalue weighted by Gasteiger charge is -2.32. The van der Waals surface area contributed by atoms with Crippen molar-refractivity contribution in [2.45, 2.75) is 36.7 Å². The van der Waals surface area contributed by atoms with E-state index in [0.717, 1.165) is 24.9 Å². The van der Waals surface area contributed by atoms with Crippen LogP contribution in [0, 0.1) is 0 Å². The molecule has 0 spiro atoms. The fourth-order valence-electron chi connectivity index (χ4n) is 2.32. The summed E-state index contributed by atoms with van der Waals surface area (Å²) in [6, 6.07) is 6.82. The summed E-state index contributed by atoms with van der Waals surface area (Å²) in [6.07, 6.45) is 2.33. The van der Waals surface area contributed by atoms with Gasteiger partial charge in [0.25, 0.3) is 0 Å². The molecule has 1 aliphatic heterocycles. The number of aryl methyl sites for hydroxylation is 1. The van der Waals surface area contributed by atoms with E-state index >= 15 is 0 Å². The molecule has 0 aromatic heterocycles. The van der Waals surface area contributed by atoms with Crippen molar-refractivity contribution < 1.29 is 13.5 Å². The van der Waals surface area contributed by atoms with Crippen molar-refractivity contribution in [1.82, 2.24) is 10.0 Å². The molecule has 1 aromatic carbocycles. The maximum atomic E-state index is 12.2. The number of nitrogens with one attached hydrogen (secondary N) is 2. The molecule has 1 fully saturated rings. The van der Waals surface area contributed by atoms with Crippen molar-refractivity contribution in [3.63, 3.8) is 0 Å². The largest absolute Gasteiger partial charge is 0.387 e. The predicted molar refractivity (Wildman–Crippen MR) is 78.1 cm³/mol. The van der Waals surface area contributed by atoms with Crippen LogP contribution in [0.25, 0.3) is 0 Å². The van der Waals surface area contributed by atoms with Gasteiger partial charge < -0.3 is 10.4 Å². The smallest absolute Gasteiger partial charge is 0.240 e. The van der Waals surface area contributed by atoms with Crippen molar-refractivity contribution in [3.8, 4) is 0 Å². The zero-order chi connectivity index (χ0) is 14.6. The molecule has 1 atom stereocenters. The van der Waals surface area contributed by atoms with Crippen LogP contribution in [0.1, 0.15) is 25.3 Å². The average Bonchev–Trinajstić information content (AvgIpc) is 2.46. The number of hydrogen-bond donors (Lipinski definition) is 3. The Morgan fingerprint density at radius 2 is 2.05 bits per heavy atom. The van der Waals surface area contributed by atoms with Gasteiger partial charge in [0, 0.05) is 13.1 Å². The van der Waals surface area contributed by atoms with Crippen LogP contribution in [0.3, 0.4) is 0 Å². The van der Waals surface area contributed by atoms with Crippen molar-refractivity contribution in [2.75, 3.05) is 19.6 Å². The Kier molecular flexibility index (Phi) is 4.80. The van der Waals surface area contributed by atoms with Gasteiger partial charge >= 0.3 is 0 Å². The van der Waals surface area contributed by atoms with Gasteiger partial charge in [-0.3, -0.25) is 0 Å². The van der Waals surface area contributed by atoms with E-state index in [2.05, 4.69) is 10.0 Å². The molecule has 0 bridgehead atoms. The minimum absolute atomic E-state index is 0.0395. The van der Waals surface area contributed by atoms with Gasteiger partial charge in [0.05, 0.1) is 10.5 Å². The Morgan fingerprint density at radius 1 is 1.35 bits per heavy atom. The lowest BCUT2D eigenvalue weighted by atomic mass is 9.95. The van der Waals surface area contributed by atoms with Crippen LogP contribution in [0.2, 0.25) is 0 Å². The van der Waals surface area contributed by atoms with E-state index in [4.69, 9.17) is 0 Å². The number of rotatable bonds is 5. The fourth-order valence-corrected chi connectivity index (χ4v) is 3.44. The third-order valence-corrected chi connectivity index (χ3v) is 5.10. The molecule has 1 saturated heterocycles. The van der Waals surface area contributed by atoms with E-state index in [1.165, 1.54) is 0 Å². The Labute approximate surface area is 120 Å². The summed E-state index contributed by atoms with van der Waals surface area (Å²) in [5, 5.41) is 13.4. The Balaban J connectivity index is 2.02. The summed E-state index contributed by atoms with van der Waals surface area (Å²) >= 11 is 0. The van der Waals surface area contributed by atoms with Crippen LogP contribution >= 0.6 is 0 Å². The van der Waals surface area contributed by atoms with Crippen molar-refractivity contribution in [3.05, 3.63) is 29.8 Å². The van der Waals surface area contributed by atoms with Crippen LogP contribution in [0.15, 0.2) is 29.2 Å². The van der Waals surface area contributed by atoms with Crippen LogP contribution < -0.4 is 10.0 Å². The molecule has 5 nitrogen and oxygen atoms in total. The van der Waals surface area contributed by atoms with Crippen LogP contribution in [0.5, 0.6) is 0 Å². The summed E-state index contributed by atoms with van der Waals surface area (Å²) in [5.74, 6) is 0. The van der Waals surface area contributed by atoms with E-state index in [-0.39, 0.29) is 11.4 Å². The number of sulfonamides is 1. The lowest BCUT2D eigenvalue weighted by Crippen LogP contribution is -2.52. The van der Waals surface area contributed by atoms with Gasteiger partial charge in [-0.1, -0.05) is 19.1 Å². The molecule has 1 heterocycles. The zero-order valence-electron chi connectivity index (χ0n) is 11.7. The van der Waals surface area contributed by atoms with E-state index in [0.29, 0.717) is 13.0 Å². The molecule has 20 heavy (non-hydrogen) atoms. The van der Waals surface area contributed by atoms with E-state index in [1.54, 1.807) is 12.1 Å². The van der Waals surface area contributed by atoms with E-state index in [1.807, 2.05) is 19.1 Å². The first-order valence-electron chi connectivity index (χ1n) is 6.97. The Bertz CT molecular complexity index is 534. The van der Waals surface area contributed by atoms with Gasteiger partial charge in [0.1, 0.15) is 0 Å². The monoisotopic (exact) mass is 298 g/mol. The number of aliphatic hydroxyl groups is 1. The van der Waals surface area contributed by atoms with Crippen LogP contribution in [-0.2, 0) is 16.4 Å². The number of β-amino-alcohol motifs (C(OH)–C–C–N with tert-alkyl or cyclic N) is 1. The molecule has 1 aliphatic rings. The van der Waals surface area contributed by atoms with Crippen molar-refractivity contribution in [1.29, 1.82) is 0 Å². The quantitative estimate of drug-likeness (QED) is 0.745. The molecule has 3 N–H and O–H groups in total. The summed E-state index contributed by atoms with van der Waals surface area (Å²) in [5.41, 5.74) is 0.105. The first-order chi connectivity index (χ1) is 9.45. The molecule has 0 unspecified atom stereocenters. The summed E-state index contributed by atoms with van der Waals surface area (Å²) in [4.78, 5) is 0.238. The second kappa shape index (κ2) is 6.22. The molecule has 112 valence electrons. The van der Waals surface area contributed by atoms with Crippen LogP contribution in [0.4, 0.5) is 0 Å². The van der Waals surface area contributed by atoms with E-state index < -0.39 is 15.6 Å². The summed E-state index contributed by atoms with van der Waals surface area (Å²) in [7, 11) is -3.56. The normalized spacial score (nSPS) is 23.7. The maximum absolute atomic E-state index is 12.2. The standard InChI is InChI=1S/C14H22N2O3S/c1-2-12-4-6-13(7-5-12)20(18,19)16-11-14(17)8-3-9-15-10-14/h4-7,15-17H,2-3,8-11H2,1H3/t14-/m1/s1. The Morgan fingerprint density at radius 3 is 2.60 bits per heavy atom. The molecular weight excluding hydrogens is 276 g/mol. The van der Waals surface area contributed by atoms with Gasteiger partial charge in [-0.15, -0.1) is 0 Å². The number of benzene rings is 1. The topological polar surface area (TPSA) is 78.4 Å². The van der Waals surface area contributed by atoms with Gasteiger partial charge in [0.2, 0.25) is 10.0 Å². The molecular formula is C14H22N2O3S. The van der Waals surface area contributed by atoms with Crippen molar-refractivity contribution >= 4 is 10.0 Å². The molecule has 6 heteroatoms. The third-order valence-electron chi connectivity index (χ3n) is 3.68. The number of piperidine rings is 1. The lowest BCUT2D eigenvalue weighted by molar-refractivity contribution is 0.0218. The highest BCUT2D eigenvalue weighted by atomic mass is 32.2. The zero-order valence-corrected chi connectivity index (χ0v) is 12.5. The SMILES string of the molecule is CCc1ccc(S(=O)(=O)NC[C@@]2(O)CCCNC2)cc1. The summed E-state index contributed by atoms with van der Waals surface area (Å²) < 4.78 is 26.9. The Hall–Kier alpha value is -0.950. The van der Waals surface area contributed by atoms with Crippen molar-refractivity contribution in [2.24, 2.45) is 0 Å². The second-order valence-corrected chi connectivity index (χ2v) is 7.09. The fraction of sp³-hybridized carbons (Fsp3) is 0.571. The number of hydrogen-bond acceptors (Lipinski definition) is 4. The molecule has 0 aliphatic carbocycles. The van der Waals surface area contributed by atoms with Gasteiger partial charge in [-0.05, 0) is 43.5 Å². The van der Waals surface area contributed by atoms with Crippen LogP contribution in [-0.4, -0.2) is 38.8 Å². The van der Waals surface area contributed by atoms with Gasteiger partial charge in [-0.25, -0.2) is 13.1 Å². The maximum Gasteiger partial charge on any atom is 0.240 e. The van der Waals surface area contributed by atoms with Gasteiger partial charge in [-0.2, -0.15) is 0 Å². The molecule has 0 saturated carbocycles. The predicted octanol–water partition coefficient (Wildman–Crippen LogP) is 0.642. The third kappa shape index (κ3) is 3.79. The highest BCUT2D eigenvalue weighted by Gasteiger charge is 2.30. The molecule has 2 rings (SSSR count). The average molecular weight is 298 g/mol. The first-order valence-corrected chi connectivity index (χ1v) is 8.45. The van der Waals surface area contributed by atoms with E-state index in [9.17, 15) is 13.5 Å². The highest BCUT2D eigenvalue weighted by molar-refractivity contribution is 7.89.